The summed E-state index contributed by atoms with van der Waals surface area (Å²) in [5.41, 5.74) is 0.686. The molecule has 0 atom stereocenters. The Labute approximate surface area is 178 Å². The fourth-order valence-corrected chi connectivity index (χ4v) is 4.96. The summed E-state index contributed by atoms with van der Waals surface area (Å²) in [5, 5.41) is 12.9. The summed E-state index contributed by atoms with van der Waals surface area (Å²) in [7, 11) is 0. The quantitative estimate of drug-likeness (QED) is 0.684. The molecule has 2 aromatic rings. The Bertz CT molecular complexity index is 886. The lowest BCUT2D eigenvalue weighted by molar-refractivity contribution is 0.0523. The minimum Gasteiger partial charge on any atom is -0.478 e. The Morgan fingerprint density at radius 2 is 2.00 bits per heavy atom. The highest BCUT2D eigenvalue weighted by Crippen LogP contribution is 2.35. The van der Waals surface area contributed by atoms with Gasteiger partial charge in [-0.05, 0) is 51.8 Å². The molecule has 0 unspecified atom stereocenters. The maximum Gasteiger partial charge on any atom is 0.408 e. The summed E-state index contributed by atoms with van der Waals surface area (Å²) >= 11 is 2.94. The SMILES string of the molecule is CC(C)(C)OC(=O)NCc1ncc(Sc2cc(C(=O)O)cc(N3CCCC3)c2)s1. The molecule has 1 aliphatic rings. The highest BCUT2D eigenvalue weighted by Gasteiger charge is 2.18. The molecule has 0 bridgehead atoms. The molecule has 29 heavy (non-hydrogen) atoms. The number of aromatic carboxylic acids is 1. The fourth-order valence-electron chi connectivity index (χ4n) is 2.92. The molecule has 1 saturated heterocycles. The van der Waals surface area contributed by atoms with Gasteiger partial charge in [0.2, 0.25) is 0 Å². The van der Waals surface area contributed by atoms with Gasteiger partial charge in [-0.2, -0.15) is 0 Å². The molecule has 0 spiro atoms. The predicted octanol–water partition coefficient (Wildman–Crippen LogP) is 4.62. The summed E-state index contributed by atoms with van der Waals surface area (Å²) in [4.78, 5) is 30.7. The molecule has 2 N–H and O–H groups in total. The van der Waals surface area contributed by atoms with Crippen LogP contribution in [-0.4, -0.2) is 40.8 Å². The van der Waals surface area contributed by atoms with Crippen LogP contribution in [0, 0.1) is 0 Å². The zero-order valence-corrected chi connectivity index (χ0v) is 18.4. The van der Waals surface area contributed by atoms with Gasteiger partial charge in [0.05, 0.1) is 22.5 Å². The van der Waals surface area contributed by atoms with E-state index in [1.807, 2.05) is 26.8 Å². The van der Waals surface area contributed by atoms with Crippen LogP contribution >= 0.6 is 23.1 Å². The van der Waals surface area contributed by atoms with Crippen molar-refractivity contribution in [2.24, 2.45) is 0 Å². The first kappa shape index (κ1) is 21.4. The van der Waals surface area contributed by atoms with Gasteiger partial charge in [0.15, 0.2) is 0 Å². The van der Waals surface area contributed by atoms with Crippen LogP contribution in [0.5, 0.6) is 0 Å². The second-order valence-corrected chi connectivity index (χ2v) is 10.2. The molecular formula is C20H25N3O4S2. The van der Waals surface area contributed by atoms with Crippen LogP contribution in [0.25, 0.3) is 0 Å². The number of rotatable bonds is 6. The number of anilines is 1. The number of amides is 1. The van der Waals surface area contributed by atoms with E-state index in [1.165, 1.54) is 23.1 Å². The van der Waals surface area contributed by atoms with Crippen molar-refractivity contribution in [1.82, 2.24) is 10.3 Å². The Kier molecular flexibility index (Phi) is 6.69. The van der Waals surface area contributed by atoms with Crippen molar-refractivity contribution in [2.45, 2.75) is 54.9 Å². The summed E-state index contributed by atoms with van der Waals surface area (Å²) in [6.45, 7) is 7.63. The number of carboxylic acid groups (broad SMARTS) is 1. The topological polar surface area (TPSA) is 91.8 Å². The van der Waals surface area contributed by atoms with Crippen molar-refractivity contribution in [3.63, 3.8) is 0 Å². The van der Waals surface area contributed by atoms with Crippen LogP contribution in [0.1, 0.15) is 49.0 Å². The minimum absolute atomic E-state index is 0.285. The molecule has 3 rings (SSSR count). The number of nitrogens with one attached hydrogen (secondary N) is 1. The van der Waals surface area contributed by atoms with Gasteiger partial charge < -0.3 is 20.1 Å². The molecule has 1 aliphatic heterocycles. The maximum absolute atomic E-state index is 11.8. The molecule has 0 aliphatic carbocycles. The molecule has 156 valence electrons. The number of carbonyl (C=O) groups is 2. The third-order valence-corrected chi connectivity index (χ3v) is 6.21. The summed E-state index contributed by atoms with van der Waals surface area (Å²) in [5.74, 6) is -0.931. The summed E-state index contributed by atoms with van der Waals surface area (Å²) < 4.78 is 6.15. The number of carbonyl (C=O) groups excluding carboxylic acids is 1. The monoisotopic (exact) mass is 435 g/mol. The van der Waals surface area contributed by atoms with E-state index in [9.17, 15) is 14.7 Å². The second kappa shape index (κ2) is 9.04. The number of hydrogen-bond donors (Lipinski definition) is 2. The average molecular weight is 436 g/mol. The van der Waals surface area contributed by atoms with Crippen LogP contribution in [0.2, 0.25) is 0 Å². The molecule has 1 aromatic heterocycles. The number of carboxylic acids is 1. The number of nitrogens with zero attached hydrogens (tertiary/aromatic N) is 2. The van der Waals surface area contributed by atoms with Gasteiger partial charge in [-0.3, -0.25) is 0 Å². The van der Waals surface area contributed by atoms with E-state index >= 15 is 0 Å². The zero-order chi connectivity index (χ0) is 21.0. The van der Waals surface area contributed by atoms with Gasteiger partial charge in [0.25, 0.3) is 0 Å². The van der Waals surface area contributed by atoms with E-state index in [-0.39, 0.29) is 12.1 Å². The molecule has 9 heteroatoms. The van der Waals surface area contributed by atoms with E-state index in [0.29, 0.717) is 0 Å². The Balaban J connectivity index is 1.67. The predicted molar refractivity (Wildman–Crippen MR) is 114 cm³/mol. The number of thiazole rings is 1. The van der Waals surface area contributed by atoms with E-state index in [0.717, 1.165) is 45.7 Å². The van der Waals surface area contributed by atoms with Crippen LogP contribution in [0.4, 0.5) is 10.5 Å². The lowest BCUT2D eigenvalue weighted by Crippen LogP contribution is -2.32. The maximum atomic E-state index is 11.8. The summed E-state index contributed by atoms with van der Waals surface area (Å²) in [6, 6.07) is 5.45. The molecule has 1 aromatic carbocycles. The third kappa shape index (κ3) is 6.37. The largest absolute Gasteiger partial charge is 0.478 e. The second-order valence-electron chi connectivity index (χ2n) is 7.75. The van der Waals surface area contributed by atoms with Gasteiger partial charge in [0, 0.05) is 23.7 Å². The normalized spacial score (nSPS) is 14.1. The highest BCUT2D eigenvalue weighted by molar-refractivity contribution is 8.01. The Morgan fingerprint density at radius 1 is 1.28 bits per heavy atom. The number of ether oxygens (including phenoxy) is 1. The van der Waals surface area contributed by atoms with Crippen molar-refractivity contribution in [1.29, 1.82) is 0 Å². The smallest absolute Gasteiger partial charge is 0.408 e. The number of hydrogen-bond acceptors (Lipinski definition) is 7. The van der Waals surface area contributed by atoms with Gasteiger partial charge >= 0.3 is 12.1 Å². The van der Waals surface area contributed by atoms with Gasteiger partial charge in [-0.1, -0.05) is 11.8 Å². The van der Waals surface area contributed by atoms with E-state index in [4.69, 9.17) is 4.74 Å². The first-order valence-electron chi connectivity index (χ1n) is 9.42. The van der Waals surface area contributed by atoms with Crippen LogP contribution < -0.4 is 10.2 Å². The highest BCUT2D eigenvalue weighted by atomic mass is 32.2. The average Bonchev–Trinajstić information content (AvgIpc) is 3.30. The van der Waals surface area contributed by atoms with Crippen molar-refractivity contribution < 1.29 is 19.4 Å². The fraction of sp³-hybridized carbons (Fsp3) is 0.450. The Morgan fingerprint density at radius 3 is 2.66 bits per heavy atom. The van der Waals surface area contributed by atoms with Crippen LogP contribution in [-0.2, 0) is 11.3 Å². The molecule has 7 nitrogen and oxygen atoms in total. The zero-order valence-electron chi connectivity index (χ0n) is 16.7. The lowest BCUT2D eigenvalue weighted by atomic mass is 10.2. The number of alkyl carbamates (subject to hydrolysis) is 1. The first-order chi connectivity index (χ1) is 13.7. The number of aromatic nitrogens is 1. The van der Waals surface area contributed by atoms with Gasteiger partial charge in [-0.15, -0.1) is 11.3 Å². The van der Waals surface area contributed by atoms with E-state index < -0.39 is 17.7 Å². The van der Waals surface area contributed by atoms with Crippen LogP contribution in [0.15, 0.2) is 33.5 Å². The molecule has 0 radical (unpaired) electrons. The van der Waals surface area contributed by atoms with Gasteiger partial charge in [-0.25, -0.2) is 14.6 Å². The first-order valence-corrected chi connectivity index (χ1v) is 11.1. The molecule has 1 fully saturated rings. The van der Waals surface area contributed by atoms with Crippen molar-refractivity contribution >= 4 is 40.8 Å². The summed E-state index contributed by atoms with van der Waals surface area (Å²) in [6.07, 6.45) is 3.52. The minimum atomic E-state index is -0.931. The lowest BCUT2D eigenvalue weighted by Gasteiger charge is -2.19. The number of benzene rings is 1. The molecule has 2 heterocycles. The molecular weight excluding hydrogens is 410 g/mol. The molecule has 1 amide bonds. The van der Waals surface area contributed by atoms with Gasteiger partial charge in [0.1, 0.15) is 10.6 Å². The van der Waals surface area contributed by atoms with Crippen LogP contribution in [0.3, 0.4) is 0 Å². The Hall–Kier alpha value is -2.26. The van der Waals surface area contributed by atoms with E-state index in [1.54, 1.807) is 18.3 Å². The molecule has 0 saturated carbocycles. The van der Waals surface area contributed by atoms with E-state index in [2.05, 4.69) is 15.2 Å². The van der Waals surface area contributed by atoms with Crippen molar-refractivity contribution in [2.75, 3.05) is 18.0 Å². The third-order valence-electron chi connectivity index (χ3n) is 4.14. The van der Waals surface area contributed by atoms with Crippen molar-refractivity contribution in [3.05, 3.63) is 35.0 Å². The van der Waals surface area contributed by atoms with Crippen molar-refractivity contribution in [3.8, 4) is 0 Å². The standard InChI is InChI=1S/C20H25N3O4S2/c1-20(2,3)27-19(26)22-11-16-21-12-17(29-16)28-15-9-13(18(24)25)8-14(10-15)23-6-4-5-7-23/h8-10,12H,4-7,11H2,1-3H3,(H,22,26)(H,24,25).